The number of rotatable bonds is 3. The molecule has 5 heteroatoms. The number of nitrogens with zero attached hydrogens (tertiary/aromatic N) is 1. The molecule has 1 aliphatic heterocycles. The third-order valence-corrected chi connectivity index (χ3v) is 6.27. The molecular formula is C17H18ClNOS2. The molecule has 0 N–H and O–H groups in total. The number of thioether (sulfide) groups is 1. The van der Waals surface area contributed by atoms with Gasteiger partial charge in [0.05, 0.1) is 6.42 Å². The predicted octanol–water partition coefficient (Wildman–Crippen LogP) is 4.65. The third-order valence-electron chi connectivity index (χ3n) is 3.88. The van der Waals surface area contributed by atoms with Crippen LogP contribution in [0.3, 0.4) is 0 Å². The quantitative estimate of drug-likeness (QED) is 0.802. The summed E-state index contributed by atoms with van der Waals surface area (Å²) in [5, 5.41) is 5.29. The lowest BCUT2D eigenvalue weighted by Crippen LogP contribution is -2.34. The summed E-state index contributed by atoms with van der Waals surface area (Å²) < 4.78 is 0. The molecule has 1 aromatic carbocycles. The molecule has 116 valence electrons. The minimum atomic E-state index is 0.235. The van der Waals surface area contributed by atoms with Crippen LogP contribution in [-0.4, -0.2) is 29.6 Å². The second-order valence-electron chi connectivity index (χ2n) is 5.36. The summed E-state index contributed by atoms with van der Waals surface area (Å²) in [6.07, 6.45) is 1.48. The monoisotopic (exact) mass is 351 g/mol. The molecule has 0 radical (unpaired) electrons. The summed E-state index contributed by atoms with van der Waals surface area (Å²) in [7, 11) is 0. The van der Waals surface area contributed by atoms with Gasteiger partial charge in [-0.1, -0.05) is 29.8 Å². The Hall–Kier alpha value is -0.970. The lowest BCUT2D eigenvalue weighted by molar-refractivity contribution is -0.130. The Kier molecular flexibility index (Phi) is 5.45. The van der Waals surface area contributed by atoms with Crippen LogP contribution in [0, 0.1) is 0 Å². The van der Waals surface area contributed by atoms with E-state index >= 15 is 0 Å². The normalized spacial score (nSPS) is 19.0. The zero-order chi connectivity index (χ0) is 15.4. The number of carbonyl (C=O) groups is 1. The second kappa shape index (κ2) is 7.53. The van der Waals surface area contributed by atoms with Crippen molar-refractivity contribution in [3.63, 3.8) is 0 Å². The second-order valence-corrected chi connectivity index (χ2v) is 7.86. The maximum Gasteiger partial charge on any atom is 0.227 e. The van der Waals surface area contributed by atoms with Gasteiger partial charge in [0.2, 0.25) is 5.91 Å². The van der Waals surface area contributed by atoms with E-state index in [-0.39, 0.29) is 5.91 Å². The SMILES string of the molecule is O=C(Cc1ccsc1)N1CCS[C@@H](c2ccccc2Cl)CC1. The number of benzene rings is 1. The smallest absolute Gasteiger partial charge is 0.227 e. The highest BCUT2D eigenvalue weighted by molar-refractivity contribution is 7.99. The molecule has 0 spiro atoms. The van der Waals surface area contributed by atoms with E-state index in [1.54, 1.807) is 11.3 Å². The molecule has 1 atom stereocenters. The lowest BCUT2D eigenvalue weighted by atomic mass is 10.1. The van der Waals surface area contributed by atoms with Crippen molar-refractivity contribution in [3.8, 4) is 0 Å². The molecule has 1 fully saturated rings. The van der Waals surface area contributed by atoms with Crippen molar-refractivity contribution < 1.29 is 4.79 Å². The van der Waals surface area contributed by atoms with E-state index in [2.05, 4.69) is 11.4 Å². The van der Waals surface area contributed by atoms with Crippen molar-refractivity contribution in [1.29, 1.82) is 0 Å². The topological polar surface area (TPSA) is 20.3 Å². The van der Waals surface area contributed by atoms with Gasteiger partial charge in [-0.05, 0) is 40.4 Å². The first kappa shape index (κ1) is 15.9. The van der Waals surface area contributed by atoms with Gasteiger partial charge in [0.25, 0.3) is 0 Å². The van der Waals surface area contributed by atoms with Crippen LogP contribution in [0.15, 0.2) is 41.1 Å². The fraction of sp³-hybridized carbons (Fsp3) is 0.353. The Labute approximate surface area is 144 Å². The Morgan fingerprint density at radius 2 is 2.14 bits per heavy atom. The molecule has 2 heterocycles. The molecule has 22 heavy (non-hydrogen) atoms. The fourth-order valence-electron chi connectivity index (χ4n) is 2.68. The molecule has 0 aliphatic carbocycles. The van der Waals surface area contributed by atoms with E-state index in [1.165, 1.54) is 5.56 Å². The van der Waals surface area contributed by atoms with E-state index in [0.717, 1.165) is 35.8 Å². The molecule has 0 unspecified atom stereocenters. The summed E-state index contributed by atoms with van der Waals surface area (Å²) >= 11 is 9.86. The number of hydrogen-bond donors (Lipinski definition) is 0. The van der Waals surface area contributed by atoms with Gasteiger partial charge in [0.1, 0.15) is 0 Å². The van der Waals surface area contributed by atoms with E-state index in [4.69, 9.17) is 11.6 Å². The summed E-state index contributed by atoms with van der Waals surface area (Å²) in [5.41, 5.74) is 2.32. The van der Waals surface area contributed by atoms with Crippen LogP contribution < -0.4 is 0 Å². The number of hydrogen-bond acceptors (Lipinski definition) is 3. The van der Waals surface area contributed by atoms with Gasteiger partial charge in [-0.2, -0.15) is 23.1 Å². The molecule has 2 nitrogen and oxygen atoms in total. The van der Waals surface area contributed by atoms with Gasteiger partial charge in [-0.3, -0.25) is 4.79 Å². The van der Waals surface area contributed by atoms with Crippen molar-refractivity contribution in [2.24, 2.45) is 0 Å². The number of amides is 1. The third kappa shape index (κ3) is 3.86. The molecule has 2 aromatic rings. The molecule has 0 saturated carbocycles. The van der Waals surface area contributed by atoms with Crippen LogP contribution in [0.4, 0.5) is 0 Å². The first-order valence-corrected chi connectivity index (χ1v) is 9.76. The molecule has 3 rings (SSSR count). The standard InChI is InChI=1S/C17H18ClNOS2/c18-15-4-2-1-3-14(15)16-5-7-19(8-10-22-16)17(20)11-13-6-9-21-12-13/h1-4,6,9,12,16H,5,7-8,10-11H2/t16-/m1/s1. The number of halogens is 1. The van der Waals surface area contributed by atoms with Crippen LogP contribution in [0.2, 0.25) is 5.02 Å². The van der Waals surface area contributed by atoms with Crippen LogP contribution >= 0.6 is 34.7 Å². The Bertz CT molecular complexity index is 629. The van der Waals surface area contributed by atoms with Crippen molar-refractivity contribution in [2.45, 2.75) is 18.1 Å². The van der Waals surface area contributed by atoms with Gasteiger partial charge in [-0.15, -0.1) is 0 Å². The van der Waals surface area contributed by atoms with Crippen molar-refractivity contribution in [1.82, 2.24) is 4.90 Å². The van der Waals surface area contributed by atoms with Crippen molar-refractivity contribution >= 4 is 40.6 Å². The molecule has 1 saturated heterocycles. The number of carbonyl (C=O) groups excluding carboxylic acids is 1. The van der Waals surface area contributed by atoms with E-state index < -0.39 is 0 Å². The van der Waals surface area contributed by atoms with Crippen LogP contribution in [0.25, 0.3) is 0 Å². The maximum absolute atomic E-state index is 12.4. The summed E-state index contributed by atoms with van der Waals surface area (Å²) in [4.78, 5) is 14.4. The highest BCUT2D eigenvalue weighted by Gasteiger charge is 2.23. The maximum atomic E-state index is 12.4. The van der Waals surface area contributed by atoms with Gasteiger partial charge in [0, 0.05) is 29.1 Å². The first-order chi connectivity index (χ1) is 10.7. The minimum Gasteiger partial charge on any atom is -0.342 e. The highest BCUT2D eigenvalue weighted by atomic mass is 35.5. The van der Waals surface area contributed by atoms with E-state index in [9.17, 15) is 4.79 Å². The number of thiophene rings is 1. The van der Waals surface area contributed by atoms with Gasteiger partial charge in [-0.25, -0.2) is 0 Å². The summed E-state index contributed by atoms with van der Waals surface area (Å²) in [6, 6.07) is 10.1. The van der Waals surface area contributed by atoms with Gasteiger partial charge in [0.15, 0.2) is 0 Å². The van der Waals surface area contributed by atoms with Crippen molar-refractivity contribution in [2.75, 3.05) is 18.8 Å². The average Bonchev–Trinajstić information content (AvgIpc) is 2.90. The molecular weight excluding hydrogens is 334 g/mol. The van der Waals surface area contributed by atoms with Gasteiger partial charge < -0.3 is 4.90 Å². The van der Waals surface area contributed by atoms with E-state index in [0.29, 0.717) is 11.7 Å². The highest BCUT2D eigenvalue weighted by Crippen LogP contribution is 2.37. The zero-order valence-electron chi connectivity index (χ0n) is 12.2. The molecule has 0 bridgehead atoms. The van der Waals surface area contributed by atoms with Gasteiger partial charge >= 0.3 is 0 Å². The van der Waals surface area contributed by atoms with Crippen LogP contribution in [0.1, 0.15) is 22.8 Å². The largest absolute Gasteiger partial charge is 0.342 e. The average molecular weight is 352 g/mol. The summed E-state index contributed by atoms with van der Waals surface area (Å²) in [5.74, 6) is 1.20. The Morgan fingerprint density at radius 1 is 1.27 bits per heavy atom. The minimum absolute atomic E-state index is 0.235. The first-order valence-electron chi connectivity index (χ1n) is 7.39. The Balaban J connectivity index is 1.62. The summed E-state index contributed by atoms with van der Waals surface area (Å²) in [6.45, 7) is 1.64. The predicted molar refractivity (Wildman–Crippen MR) is 95.9 cm³/mol. The van der Waals surface area contributed by atoms with E-state index in [1.807, 2.05) is 46.3 Å². The molecule has 1 amide bonds. The zero-order valence-corrected chi connectivity index (χ0v) is 14.6. The van der Waals surface area contributed by atoms with Crippen LogP contribution in [-0.2, 0) is 11.2 Å². The molecule has 1 aliphatic rings. The fourth-order valence-corrected chi connectivity index (χ4v) is 4.95. The lowest BCUT2D eigenvalue weighted by Gasteiger charge is -2.20. The van der Waals surface area contributed by atoms with Crippen molar-refractivity contribution in [3.05, 3.63) is 57.2 Å². The molecule has 1 aromatic heterocycles. The Morgan fingerprint density at radius 3 is 2.91 bits per heavy atom. The van der Waals surface area contributed by atoms with Crippen LogP contribution in [0.5, 0.6) is 0 Å².